The van der Waals surface area contributed by atoms with Crippen molar-refractivity contribution in [2.24, 2.45) is 0 Å². The van der Waals surface area contributed by atoms with Crippen LogP contribution in [-0.4, -0.2) is 29.8 Å². The number of amides is 1. The minimum Gasteiger partial charge on any atom is -0.481 e. The van der Waals surface area contributed by atoms with E-state index in [1.165, 1.54) is 30.3 Å². The Morgan fingerprint density at radius 1 is 1.43 bits per heavy atom. The Labute approximate surface area is 121 Å². The average Bonchev–Trinajstić information content (AvgIpc) is 2.41. The van der Waals surface area contributed by atoms with Crippen LogP contribution in [-0.2, 0) is 14.9 Å². The predicted molar refractivity (Wildman–Crippen MR) is 73.4 cm³/mol. The smallest absolute Gasteiger partial charge is 0.407 e. The Morgan fingerprint density at radius 2 is 2.05 bits per heavy atom. The number of aliphatic carboxylic acids is 1. The molecule has 1 aromatic rings. The Kier molecular flexibility index (Phi) is 4.26. The lowest BCUT2D eigenvalue weighted by Gasteiger charge is -2.44. The second-order valence-corrected chi connectivity index (χ2v) is 5.03. The molecule has 112 valence electrons. The molecule has 0 aromatic heterocycles. The molecule has 1 aliphatic rings. The Hall–Kier alpha value is -2.37. The van der Waals surface area contributed by atoms with Crippen LogP contribution in [0.2, 0.25) is 0 Å². The van der Waals surface area contributed by atoms with Gasteiger partial charge in [0.25, 0.3) is 0 Å². The minimum atomic E-state index is -1.08. The van der Waals surface area contributed by atoms with Crippen molar-refractivity contribution in [2.45, 2.75) is 24.3 Å². The van der Waals surface area contributed by atoms with Gasteiger partial charge in [0.2, 0.25) is 0 Å². The van der Waals surface area contributed by atoms with Crippen molar-refractivity contribution in [3.8, 4) is 0 Å². The van der Waals surface area contributed by atoms with Crippen LogP contribution in [0.5, 0.6) is 0 Å². The molecule has 0 unspecified atom stereocenters. The molecule has 2 rings (SSSR count). The molecule has 0 heterocycles. The van der Waals surface area contributed by atoms with Gasteiger partial charge in [0.05, 0.1) is 5.41 Å². The number of carbonyl (C=O) groups is 2. The zero-order chi connectivity index (χ0) is 15.5. The topological polar surface area (TPSA) is 75.6 Å². The van der Waals surface area contributed by atoms with Crippen LogP contribution in [0.1, 0.15) is 18.4 Å². The summed E-state index contributed by atoms with van der Waals surface area (Å²) in [7, 11) is 0. The number of carboxylic acids is 1. The molecule has 0 radical (unpaired) electrons. The van der Waals surface area contributed by atoms with Crippen molar-refractivity contribution in [3.05, 3.63) is 48.3 Å². The van der Waals surface area contributed by atoms with Gasteiger partial charge in [-0.1, -0.05) is 24.8 Å². The first kappa shape index (κ1) is 15.0. The molecule has 1 amide bonds. The van der Waals surface area contributed by atoms with Crippen molar-refractivity contribution >= 4 is 12.1 Å². The average molecular weight is 293 g/mol. The van der Waals surface area contributed by atoms with Crippen LogP contribution in [0.25, 0.3) is 0 Å². The highest BCUT2D eigenvalue weighted by Gasteiger charge is 2.52. The summed E-state index contributed by atoms with van der Waals surface area (Å²) >= 11 is 0. The van der Waals surface area contributed by atoms with Gasteiger partial charge in [-0.25, -0.2) is 9.18 Å². The number of rotatable bonds is 5. The monoisotopic (exact) mass is 293 g/mol. The molecular formula is C15H16FNO4. The van der Waals surface area contributed by atoms with Gasteiger partial charge < -0.3 is 15.2 Å². The quantitative estimate of drug-likeness (QED) is 0.816. The first-order chi connectivity index (χ1) is 9.98. The van der Waals surface area contributed by atoms with Crippen molar-refractivity contribution in [1.82, 2.24) is 5.32 Å². The van der Waals surface area contributed by atoms with E-state index in [4.69, 9.17) is 4.74 Å². The fraction of sp³-hybridized carbons (Fsp3) is 0.333. The highest BCUT2D eigenvalue weighted by atomic mass is 19.1. The van der Waals surface area contributed by atoms with Gasteiger partial charge in [0, 0.05) is 6.04 Å². The van der Waals surface area contributed by atoms with Gasteiger partial charge in [-0.15, -0.1) is 0 Å². The highest BCUT2D eigenvalue weighted by molar-refractivity contribution is 5.83. The minimum absolute atomic E-state index is 0.0978. The molecule has 1 aromatic carbocycles. The summed E-state index contributed by atoms with van der Waals surface area (Å²) < 4.78 is 17.7. The van der Waals surface area contributed by atoms with Gasteiger partial charge in [-0.3, -0.25) is 4.79 Å². The molecule has 1 fully saturated rings. The third kappa shape index (κ3) is 3.04. The molecule has 1 aliphatic carbocycles. The van der Waals surface area contributed by atoms with Crippen LogP contribution >= 0.6 is 0 Å². The number of alkyl carbamates (subject to hydrolysis) is 1. The van der Waals surface area contributed by atoms with Gasteiger partial charge in [-0.05, 0) is 30.5 Å². The van der Waals surface area contributed by atoms with Crippen LogP contribution in [0, 0.1) is 5.82 Å². The molecule has 5 nitrogen and oxygen atoms in total. The van der Waals surface area contributed by atoms with Crippen molar-refractivity contribution in [1.29, 1.82) is 0 Å². The van der Waals surface area contributed by atoms with E-state index in [9.17, 15) is 19.1 Å². The van der Waals surface area contributed by atoms with E-state index in [1.807, 2.05) is 0 Å². The molecule has 0 bridgehead atoms. The standard InChI is InChI=1S/C15H16FNO4/c1-2-7-21-14(20)17-12-8-15(9-12,13(18)19)10-3-5-11(16)6-4-10/h2-6,12H,1,7-9H2,(H,17,20)(H,18,19). The number of ether oxygens (including phenoxy) is 1. The first-order valence-electron chi connectivity index (χ1n) is 6.51. The van der Waals surface area contributed by atoms with Crippen molar-refractivity contribution < 1.29 is 23.8 Å². The van der Waals surface area contributed by atoms with E-state index in [1.54, 1.807) is 0 Å². The maximum absolute atomic E-state index is 12.9. The molecule has 0 atom stereocenters. The maximum atomic E-state index is 12.9. The number of carboxylic acid groups (broad SMARTS) is 1. The number of benzene rings is 1. The SMILES string of the molecule is C=CCOC(=O)NC1CC(C(=O)O)(c2ccc(F)cc2)C1. The largest absolute Gasteiger partial charge is 0.481 e. The molecule has 0 spiro atoms. The molecule has 0 aliphatic heterocycles. The Morgan fingerprint density at radius 3 is 2.57 bits per heavy atom. The zero-order valence-corrected chi connectivity index (χ0v) is 11.3. The summed E-state index contributed by atoms with van der Waals surface area (Å²) in [4.78, 5) is 22.9. The number of carbonyl (C=O) groups excluding carboxylic acids is 1. The van der Waals surface area contributed by atoms with E-state index in [0.29, 0.717) is 5.56 Å². The summed E-state index contributed by atoms with van der Waals surface area (Å²) in [6.45, 7) is 3.52. The van der Waals surface area contributed by atoms with E-state index >= 15 is 0 Å². The first-order valence-corrected chi connectivity index (χ1v) is 6.51. The van der Waals surface area contributed by atoms with E-state index < -0.39 is 23.3 Å². The van der Waals surface area contributed by atoms with Crippen LogP contribution < -0.4 is 5.32 Å². The second kappa shape index (κ2) is 5.95. The zero-order valence-electron chi connectivity index (χ0n) is 11.3. The molecule has 1 saturated carbocycles. The highest BCUT2D eigenvalue weighted by Crippen LogP contribution is 2.44. The number of nitrogens with one attached hydrogen (secondary N) is 1. The summed E-state index contributed by atoms with van der Waals surface area (Å²) in [5, 5.41) is 12.0. The lowest BCUT2D eigenvalue weighted by molar-refractivity contribution is -0.148. The number of hydrogen-bond donors (Lipinski definition) is 2. The second-order valence-electron chi connectivity index (χ2n) is 5.03. The van der Waals surface area contributed by atoms with Crippen molar-refractivity contribution in [3.63, 3.8) is 0 Å². The van der Waals surface area contributed by atoms with E-state index in [-0.39, 0.29) is 25.5 Å². The molecule has 0 saturated heterocycles. The van der Waals surface area contributed by atoms with Crippen molar-refractivity contribution in [2.75, 3.05) is 6.61 Å². The molecule has 6 heteroatoms. The summed E-state index contributed by atoms with van der Waals surface area (Å²) in [5.74, 6) is -1.40. The maximum Gasteiger partial charge on any atom is 0.407 e. The van der Waals surface area contributed by atoms with Gasteiger partial charge in [0.15, 0.2) is 0 Å². The van der Waals surface area contributed by atoms with E-state index in [2.05, 4.69) is 11.9 Å². The molecular weight excluding hydrogens is 277 g/mol. The van der Waals surface area contributed by atoms with Gasteiger partial charge in [0.1, 0.15) is 12.4 Å². The predicted octanol–water partition coefficient (Wildman–Crippen LogP) is 2.22. The molecule has 21 heavy (non-hydrogen) atoms. The normalized spacial score (nSPS) is 23.8. The molecule has 2 N–H and O–H groups in total. The van der Waals surface area contributed by atoms with Gasteiger partial charge >= 0.3 is 12.1 Å². The number of hydrogen-bond acceptors (Lipinski definition) is 3. The van der Waals surface area contributed by atoms with E-state index in [0.717, 1.165) is 0 Å². The van der Waals surface area contributed by atoms with Crippen LogP contribution in [0.15, 0.2) is 36.9 Å². The van der Waals surface area contributed by atoms with Crippen LogP contribution in [0.4, 0.5) is 9.18 Å². The third-order valence-corrected chi connectivity index (χ3v) is 3.65. The van der Waals surface area contributed by atoms with Gasteiger partial charge in [-0.2, -0.15) is 0 Å². The summed E-state index contributed by atoms with van der Waals surface area (Å²) in [6, 6.07) is 5.13. The van der Waals surface area contributed by atoms with Crippen LogP contribution in [0.3, 0.4) is 0 Å². The lowest BCUT2D eigenvalue weighted by atomic mass is 9.61. The summed E-state index contributed by atoms with van der Waals surface area (Å²) in [6.07, 6.45) is 1.34. The fourth-order valence-electron chi connectivity index (χ4n) is 2.53. The Bertz CT molecular complexity index is 549. The Balaban J connectivity index is 2.02. The fourth-order valence-corrected chi connectivity index (χ4v) is 2.53. The lowest BCUT2D eigenvalue weighted by Crippen LogP contribution is -2.57. The number of halogens is 1. The third-order valence-electron chi connectivity index (χ3n) is 3.65. The summed E-state index contributed by atoms with van der Waals surface area (Å²) in [5.41, 5.74) is -0.543.